The largest absolute Gasteiger partial charge is 0.320 e. The van der Waals surface area contributed by atoms with E-state index in [9.17, 15) is 9.00 Å². The molecule has 0 bridgehead atoms. The fourth-order valence-electron chi connectivity index (χ4n) is 2.55. The SMILES string of the molecule is CCCCC1NC(c2cccs2)N(CC(C)S(C)=O)C1=O. The Hall–Kier alpha value is -0.720. The van der Waals surface area contributed by atoms with Crippen molar-refractivity contribution >= 4 is 28.0 Å². The molecule has 4 unspecified atom stereocenters. The van der Waals surface area contributed by atoms with Crippen LogP contribution < -0.4 is 5.32 Å². The summed E-state index contributed by atoms with van der Waals surface area (Å²) >= 11 is 1.66. The third kappa shape index (κ3) is 3.93. The predicted octanol–water partition coefficient (Wildman–Crippen LogP) is 2.50. The lowest BCUT2D eigenvalue weighted by Crippen LogP contribution is -2.37. The van der Waals surface area contributed by atoms with Crippen molar-refractivity contribution in [3.8, 4) is 0 Å². The molecule has 0 spiro atoms. The molecule has 1 fully saturated rings. The third-order valence-electron chi connectivity index (χ3n) is 3.93. The number of hydrogen-bond donors (Lipinski definition) is 1. The normalized spacial score (nSPS) is 25.3. The van der Waals surface area contributed by atoms with Crippen molar-refractivity contribution in [2.45, 2.75) is 50.6 Å². The lowest BCUT2D eigenvalue weighted by Gasteiger charge is -2.25. The molecule has 2 rings (SSSR count). The van der Waals surface area contributed by atoms with Gasteiger partial charge in [0, 0.05) is 33.7 Å². The summed E-state index contributed by atoms with van der Waals surface area (Å²) in [6.45, 7) is 4.62. The highest BCUT2D eigenvalue weighted by Gasteiger charge is 2.40. The van der Waals surface area contributed by atoms with Gasteiger partial charge in [0.05, 0.1) is 6.04 Å². The highest BCUT2D eigenvalue weighted by Crippen LogP contribution is 2.30. The van der Waals surface area contributed by atoms with Gasteiger partial charge in [-0.25, -0.2) is 0 Å². The number of carbonyl (C=O) groups is 1. The molecule has 0 saturated carbocycles. The van der Waals surface area contributed by atoms with Crippen molar-refractivity contribution in [3.63, 3.8) is 0 Å². The van der Waals surface area contributed by atoms with Crippen LogP contribution >= 0.6 is 11.3 Å². The van der Waals surface area contributed by atoms with Gasteiger partial charge >= 0.3 is 0 Å². The first-order chi connectivity index (χ1) is 10.0. The molecule has 1 aliphatic rings. The first kappa shape index (κ1) is 16.6. The molecule has 118 valence electrons. The van der Waals surface area contributed by atoms with Crippen LogP contribution in [0.2, 0.25) is 0 Å². The van der Waals surface area contributed by atoms with Gasteiger partial charge in [-0.15, -0.1) is 11.3 Å². The van der Waals surface area contributed by atoms with Gasteiger partial charge in [0.15, 0.2) is 0 Å². The molecule has 4 atom stereocenters. The van der Waals surface area contributed by atoms with Crippen LogP contribution in [0.5, 0.6) is 0 Å². The zero-order chi connectivity index (χ0) is 15.4. The van der Waals surface area contributed by atoms with Crippen LogP contribution in [0.15, 0.2) is 17.5 Å². The highest BCUT2D eigenvalue weighted by molar-refractivity contribution is 7.84. The number of nitrogens with zero attached hydrogens (tertiary/aromatic N) is 1. The second kappa shape index (κ2) is 7.51. The van der Waals surface area contributed by atoms with E-state index < -0.39 is 10.8 Å². The van der Waals surface area contributed by atoms with Gasteiger partial charge in [0.25, 0.3) is 0 Å². The topological polar surface area (TPSA) is 49.4 Å². The van der Waals surface area contributed by atoms with Crippen molar-refractivity contribution in [3.05, 3.63) is 22.4 Å². The Morgan fingerprint density at radius 3 is 2.86 bits per heavy atom. The molecule has 1 aromatic heterocycles. The number of unbranched alkanes of at least 4 members (excludes halogenated alkanes) is 1. The molecule has 4 nitrogen and oxygen atoms in total. The maximum Gasteiger partial charge on any atom is 0.241 e. The molecular weight excluding hydrogens is 304 g/mol. The third-order valence-corrected chi connectivity index (χ3v) is 6.14. The molecule has 6 heteroatoms. The Kier molecular flexibility index (Phi) is 5.96. The van der Waals surface area contributed by atoms with E-state index in [0.717, 1.165) is 24.1 Å². The first-order valence-corrected chi connectivity index (χ1v) is 9.96. The summed E-state index contributed by atoms with van der Waals surface area (Å²) in [5.41, 5.74) is 0. The van der Waals surface area contributed by atoms with E-state index in [1.807, 2.05) is 23.3 Å². The van der Waals surface area contributed by atoms with E-state index >= 15 is 0 Å². The Labute approximate surface area is 133 Å². The Morgan fingerprint density at radius 1 is 1.52 bits per heavy atom. The van der Waals surface area contributed by atoms with Crippen LogP contribution in [0, 0.1) is 0 Å². The first-order valence-electron chi connectivity index (χ1n) is 7.46. The van der Waals surface area contributed by atoms with E-state index in [1.165, 1.54) is 0 Å². The molecule has 0 radical (unpaired) electrons. The van der Waals surface area contributed by atoms with E-state index in [0.29, 0.717) is 6.54 Å². The minimum absolute atomic E-state index is 0.0110. The molecule has 2 heterocycles. The monoisotopic (exact) mass is 328 g/mol. The van der Waals surface area contributed by atoms with Crippen LogP contribution in [-0.2, 0) is 15.6 Å². The van der Waals surface area contributed by atoms with Crippen molar-refractivity contribution < 1.29 is 9.00 Å². The lowest BCUT2D eigenvalue weighted by molar-refractivity contribution is -0.130. The summed E-state index contributed by atoms with van der Waals surface area (Å²) in [5, 5.41) is 5.48. The van der Waals surface area contributed by atoms with Crippen LogP contribution in [0.25, 0.3) is 0 Å². The van der Waals surface area contributed by atoms with Gasteiger partial charge < -0.3 is 4.90 Å². The predicted molar refractivity (Wildman–Crippen MR) is 88.8 cm³/mol. The number of nitrogens with one attached hydrogen (secondary N) is 1. The van der Waals surface area contributed by atoms with Crippen LogP contribution in [0.4, 0.5) is 0 Å². The quantitative estimate of drug-likeness (QED) is 0.837. The van der Waals surface area contributed by atoms with E-state index in [2.05, 4.69) is 18.3 Å². The molecule has 1 amide bonds. The van der Waals surface area contributed by atoms with Gasteiger partial charge in [-0.1, -0.05) is 25.8 Å². The second-order valence-electron chi connectivity index (χ2n) is 5.58. The smallest absolute Gasteiger partial charge is 0.241 e. The molecular formula is C15H24N2O2S2. The van der Waals surface area contributed by atoms with Gasteiger partial charge in [-0.3, -0.25) is 14.3 Å². The lowest BCUT2D eigenvalue weighted by atomic mass is 10.1. The van der Waals surface area contributed by atoms with Crippen LogP contribution in [-0.4, -0.2) is 39.1 Å². The van der Waals surface area contributed by atoms with Crippen molar-refractivity contribution in [2.24, 2.45) is 0 Å². The minimum Gasteiger partial charge on any atom is -0.320 e. The van der Waals surface area contributed by atoms with Crippen molar-refractivity contribution in [2.75, 3.05) is 12.8 Å². The molecule has 1 N–H and O–H groups in total. The molecule has 1 aromatic rings. The molecule has 21 heavy (non-hydrogen) atoms. The second-order valence-corrected chi connectivity index (χ2v) is 8.36. The Bertz CT molecular complexity index is 490. The minimum atomic E-state index is -0.918. The van der Waals surface area contributed by atoms with Crippen molar-refractivity contribution in [1.29, 1.82) is 0 Å². The average molecular weight is 329 g/mol. The zero-order valence-corrected chi connectivity index (χ0v) is 14.5. The van der Waals surface area contributed by atoms with Gasteiger partial charge in [0.2, 0.25) is 5.91 Å². The maximum atomic E-state index is 12.6. The summed E-state index contributed by atoms with van der Waals surface area (Å²) in [7, 11) is -0.918. The van der Waals surface area contributed by atoms with E-state index in [1.54, 1.807) is 17.6 Å². The Morgan fingerprint density at radius 2 is 2.29 bits per heavy atom. The van der Waals surface area contributed by atoms with Gasteiger partial charge in [0.1, 0.15) is 6.17 Å². The molecule has 0 aliphatic carbocycles. The fraction of sp³-hybridized carbons (Fsp3) is 0.667. The molecule has 1 aliphatic heterocycles. The Balaban J connectivity index is 2.15. The van der Waals surface area contributed by atoms with Gasteiger partial charge in [-0.05, 0) is 24.8 Å². The standard InChI is InChI=1S/C15H24N2O2S2/c1-4-5-7-12-15(18)17(10-11(2)21(3)19)14(16-12)13-8-6-9-20-13/h6,8-9,11-12,14,16H,4-5,7,10H2,1-3H3. The van der Waals surface area contributed by atoms with Crippen molar-refractivity contribution in [1.82, 2.24) is 10.2 Å². The number of thiophene rings is 1. The number of rotatable bonds is 7. The zero-order valence-electron chi connectivity index (χ0n) is 12.9. The average Bonchev–Trinajstić information content (AvgIpc) is 3.07. The summed E-state index contributed by atoms with van der Waals surface area (Å²) in [6.07, 6.45) is 4.64. The highest BCUT2D eigenvalue weighted by atomic mass is 32.2. The van der Waals surface area contributed by atoms with E-state index in [-0.39, 0.29) is 23.4 Å². The summed E-state index contributed by atoms with van der Waals surface area (Å²) < 4.78 is 11.6. The number of hydrogen-bond acceptors (Lipinski definition) is 4. The van der Waals surface area contributed by atoms with E-state index in [4.69, 9.17) is 0 Å². The molecule has 0 aromatic carbocycles. The number of amides is 1. The summed E-state index contributed by atoms with van der Waals surface area (Å²) in [6, 6.07) is 3.96. The molecule has 1 saturated heterocycles. The summed E-state index contributed by atoms with van der Waals surface area (Å²) in [4.78, 5) is 15.7. The number of carbonyl (C=O) groups excluding carboxylic acids is 1. The van der Waals surface area contributed by atoms with Crippen LogP contribution in [0.1, 0.15) is 44.2 Å². The van der Waals surface area contributed by atoms with Crippen LogP contribution in [0.3, 0.4) is 0 Å². The van der Waals surface area contributed by atoms with Gasteiger partial charge in [-0.2, -0.15) is 0 Å². The maximum absolute atomic E-state index is 12.6. The summed E-state index contributed by atoms with van der Waals surface area (Å²) in [5.74, 6) is 0.152. The fourth-order valence-corrected chi connectivity index (χ4v) is 3.72.